The van der Waals surface area contributed by atoms with E-state index in [9.17, 15) is 0 Å². The van der Waals surface area contributed by atoms with E-state index in [-0.39, 0.29) is 0 Å². The Morgan fingerprint density at radius 2 is 0.682 bits per heavy atom. The number of fused-ring (bicyclic) bond motifs is 1. The van der Waals surface area contributed by atoms with Gasteiger partial charge in [0.2, 0.25) is 0 Å². The largest absolute Gasteiger partial charge is 0.311 e. The molecule has 0 bridgehead atoms. The highest BCUT2D eigenvalue weighted by Gasteiger charge is 2.19. The third-order valence-electron chi connectivity index (χ3n) is 12.1. The van der Waals surface area contributed by atoms with Crippen LogP contribution in [0.5, 0.6) is 0 Å². The van der Waals surface area contributed by atoms with Gasteiger partial charge in [0, 0.05) is 51.5 Å². The molecule has 11 aromatic rings. The predicted molar refractivity (Wildman–Crippen MR) is 274 cm³/mol. The maximum atomic E-state index is 5.11. The summed E-state index contributed by atoms with van der Waals surface area (Å²) in [6.07, 6.45) is 2.08. The molecular weight excluding hydrogens is 803 g/mol. The molecule has 5 heteroatoms. The van der Waals surface area contributed by atoms with Crippen LogP contribution in [-0.2, 0) is 0 Å². The first-order chi connectivity index (χ1) is 32.6. The van der Waals surface area contributed by atoms with Crippen molar-refractivity contribution in [3.8, 4) is 55.9 Å². The van der Waals surface area contributed by atoms with E-state index in [2.05, 4.69) is 251 Å². The Morgan fingerprint density at radius 1 is 0.303 bits per heavy atom. The molecule has 5 nitrogen and oxygen atoms in total. The van der Waals surface area contributed by atoms with Gasteiger partial charge in [-0.1, -0.05) is 164 Å². The Bertz CT molecular complexity index is 3280. The highest BCUT2D eigenvalue weighted by Crippen LogP contribution is 2.40. The number of anilines is 6. The van der Waals surface area contributed by atoms with Crippen molar-refractivity contribution in [3.63, 3.8) is 0 Å². The second-order valence-electron chi connectivity index (χ2n) is 16.4. The predicted octanol–water partition coefficient (Wildman–Crippen LogP) is 16.3. The number of hydrogen-bond acceptors (Lipinski definition) is 4. The molecule has 0 aliphatic rings. The first-order valence-corrected chi connectivity index (χ1v) is 22.3. The fourth-order valence-corrected chi connectivity index (χ4v) is 8.82. The topological polar surface area (TPSA) is 36.7 Å². The van der Waals surface area contributed by atoms with Crippen LogP contribution in [0, 0.1) is 6.92 Å². The van der Waals surface area contributed by atoms with Crippen molar-refractivity contribution in [1.29, 1.82) is 0 Å². The fourth-order valence-electron chi connectivity index (χ4n) is 8.82. The van der Waals surface area contributed by atoms with Gasteiger partial charge >= 0.3 is 0 Å². The Hall–Kier alpha value is -8.80. The van der Waals surface area contributed by atoms with Crippen LogP contribution in [0.3, 0.4) is 0 Å². The van der Waals surface area contributed by atoms with Crippen LogP contribution in [0.25, 0.3) is 61.5 Å². The minimum Gasteiger partial charge on any atom is -0.311 e. The summed E-state index contributed by atoms with van der Waals surface area (Å²) in [7, 11) is 0. The second kappa shape index (κ2) is 17.8. The number of imidazole rings is 1. The molecule has 0 N–H and O–H groups in total. The lowest BCUT2D eigenvalue weighted by atomic mass is 10.0. The van der Waals surface area contributed by atoms with Crippen LogP contribution in [0.2, 0.25) is 0 Å². The molecular formula is C61H45N5. The molecule has 0 saturated carbocycles. The quantitative estimate of drug-likeness (QED) is 0.130. The molecule has 66 heavy (non-hydrogen) atoms. The zero-order valence-corrected chi connectivity index (χ0v) is 36.5. The van der Waals surface area contributed by atoms with E-state index in [1.54, 1.807) is 0 Å². The number of hydrogen-bond donors (Lipinski definition) is 0. The Kier molecular flexibility index (Phi) is 10.8. The maximum Gasteiger partial charge on any atom is 0.137 e. The van der Waals surface area contributed by atoms with Crippen molar-refractivity contribution < 1.29 is 0 Å². The van der Waals surface area contributed by atoms with Crippen LogP contribution < -0.4 is 9.80 Å². The monoisotopic (exact) mass is 847 g/mol. The smallest absolute Gasteiger partial charge is 0.137 e. The summed E-state index contributed by atoms with van der Waals surface area (Å²) in [5.41, 5.74) is 18.4. The number of benzene rings is 8. The SMILES string of the molecule is Cc1cccc(N(c2ccc(-c3ccc(N(c4ccc(-c5ccccc5)cc4)c4ccc(-c5ccccc5)cc4)cc3)cc2)c2ccc(-c3nc4ccccn4c3-c3ccccc3)cc2)n1. The number of rotatable bonds is 11. The summed E-state index contributed by atoms with van der Waals surface area (Å²) in [6.45, 7) is 2.03. The van der Waals surface area contributed by atoms with Crippen LogP contribution in [-0.4, -0.2) is 14.4 Å². The van der Waals surface area contributed by atoms with Crippen molar-refractivity contribution >= 4 is 39.9 Å². The minimum absolute atomic E-state index is 0.853. The lowest BCUT2D eigenvalue weighted by molar-refractivity contribution is 1.13. The average molecular weight is 848 g/mol. The van der Waals surface area contributed by atoms with Crippen LogP contribution in [0.4, 0.5) is 34.3 Å². The van der Waals surface area contributed by atoms with Crippen molar-refractivity contribution in [2.75, 3.05) is 9.80 Å². The molecule has 0 spiro atoms. The fraction of sp³-hybridized carbons (Fsp3) is 0.0164. The van der Waals surface area contributed by atoms with Crippen molar-refractivity contribution in [2.45, 2.75) is 6.92 Å². The van der Waals surface area contributed by atoms with Gasteiger partial charge in [0.05, 0.1) is 11.4 Å². The zero-order valence-electron chi connectivity index (χ0n) is 36.5. The summed E-state index contributed by atoms with van der Waals surface area (Å²) >= 11 is 0. The third-order valence-corrected chi connectivity index (χ3v) is 12.1. The summed E-state index contributed by atoms with van der Waals surface area (Å²) < 4.78 is 2.17. The first kappa shape index (κ1) is 40.0. The lowest BCUT2D eigenvalue weighted by Crippen LogP contribution is -2.12. The van der Waals surface area contributed by atoms with E-state index in [0.29, 0.717) is 0 Å². The van der Waals surface area contributed by atoms with Gasteiger partial charge in [0.15, 0.2) is 0 Å². The molecule has 0 aliphatic heterocycles. The number of pyridine rings is 2. The standard InChI is InChI=1S/C61H45N5/c1-44-14-13-22-59(62-44)66(57-41-31-51(32-42-57)60-61(52-19-9-4-10-20-52)64-43-12-11-21-58(64)63-60)56-39-29-50(30-40-56)49-27-37-55(38-28-49)65(53-33-23-47(24-34-53)45-15-5-2-6-16-45)54-35-25-48(26-36-54)46-17-7-3-8-18-46/h2-43H,1H3. The maximum absolute atomic E-state index is 5.11. The van der Waals surface area contributed by atoms with Crippen LogP contribution >= 0.6 is 0 Å². The number of aryl methyl sites for hydroxylation is 1. The highest BCUT2D eigenvalue weighted by atomic mass is 15.2. The minimum atomic E-state index is 0.853. The van der Waals surface area contributed by atoms with Gasteiger partial charge in [-0.15, -0.1) is 0 Å². The average Bonchev–Trinajstić information content (AvgIpc) is 3.78. The van der Waals surface area contributed by atoms with E-state index in [1.807, 2.05) is 25.1 Å². The molecule has 0 amide bonds. The molecule has 0 fully saturated rings. The normalized spacial score (nSPS) is 11.1. The van der Waals surface area contributed by atoms with Gasteiger partial charge in [0.1, 0.15) is 11.5 Å². The third kappa shape index (κ3) is 8.02. The Morgan fingerprint density at radius 3 is 1.12 bits per heavy atom. The van der Waals surface area contributed by atoms with E-state index in [4.69, 9.17) is 9.97 Å². The van der Waals surface area contributed by atoms with Crippen molar-refractivity contribution in [3.05, 3.63) is 261 Å². The van der Waals surface area contributed by atoms with E-state index >= 15 is 0 Å². The van der Waals surface area contributed by atoms with E-state index in [1.165, 1.54) is 22.3 Å². The van der Waals surface area contributed by atoms with Crippen LogP contribution in [0.15, 0.2) is 255 Å². The van der Waals surface area contributed by atoms with E-state index in [0.717, 1.165) is 79.2 Å². The summed E-state index contributed by atoms with van der Waals surface area (Å²) in [6, 6.07) is 87.8. The first-order valence-electron chi connectivity index (χ1n) is 22.3. The Labute approximate surface area is 385 Å². The molecule has 0 saturated heterocycles. The molecule has 0 unspecified atom stereocenters. The number of nitrogens with zero attached hydrogens (tertiary/aromatic N) is 5. The van der Waals surface area contributed by atoms with Gasteiger partial charge < -0.3 is 4.90 Å². The molecule has 0 atom stereocenters. The van der Waals surface area contributed by atoms with Gasteiger partial charge in [-0.25, -0.2) is 9.97 Å². The zero-order chi connectivity index (χ0) is 44.2. The van der Waals surface area contributed by atoms with Gasteiger partial charge in [-0.05, 0) is 125 Å². The van der Waals surface area contributed by atoms with E-state index < -0.39 is 0 Å². The summed E-state index contributed by atoms with van der Waals surface area (Å²) in [4.78, 5) is 14.6. The summed E-state index contributed by atoms with van der Waals surface area (Å²) in [5, 5.41) is 0. The summed E-state index contributed by atoms with van der Waals surface area (Å²) in [5.74, 6) is 0.853. The van der Waals surface area contributed by atoms with Gasteiger partial charge in [-0.2, -0.15) is 0 Å². The molecule has 3 aromatic heterocycles. The molecule has 11 rings (SSSR count). The van der Waals surface area contributed by atoms with Gasteiger partial charge in [-0.3, -0.25) is 9.30 Å². The van der Waals surface area contributed by atoms with Crippen LogP contribution in [0.1, 0.15) is 5.69 Å². The molecule has 3 heterocycles. The molecule has 8 aromatic carbocycles. The molecule has 0 aliphatic carbocycles. The molecule has 0 radical (unpaired) electrons. The second-order valence-corrected chi connectivity index (χ2v) is 16.4. The van der Waals surface area contributed by atoms with Gasteiger partial charge in [0.25, 0.3) is 0 Å². The van der Waals surface area contributed by atoms with Crippen molar-refractivity contribution in [2.24, 2.45) is 0 Å². The lowest BCUT2D eigenvalue weighted by Gasteiger charge is -2.26. The molecule has 314 valence electrons. The highest BCUT2D eigenvalue weighted by molar-refractivity contribution is 5.85. The Balaban J connectivity index is 0.904. The number of aromatic nitrogens is 3. The van der Waals surface area contributed by atoms with Crippen molar-refractivity contribution in [1.82, 2.24) is 14.4 Å².